The Morgan fingerprint density at radius 2 is 1.13 bits per heavy atom. The number of rotatable bonds is 4. The van der Waals surface area contributed by atoms with Crippen LogP contribution in [0.4, 0.5) is 0 Å². The molecule has 0 radical (unpaired) electrons. The van der Waals surface area contributed by atoms with Crippen LogP contribution in [0.2, 0.25) is 18.1 Å². The van der Waals surface area contributed by atoms with E-state index >= 15 is 0 Å². The first kappa shape index (κ1) is 20.4. The quantitative estimate of drug-likeness (QED) is 0.242. The van der Waals surface area contributed by atoms with Crippen LogP contribution in [-0.4, -0.2) is 8.32 Å². The van der Waals surface area contributed by atoms with Crippen molar-refractivity contribution < 1.29 is 4.43 Å². The van der Waals surface area contributed by atoms with E-state index in [1.54, 1.807) is 0 Å². The van der Waals surface area contributed by atoms with Crippen molar-refractivity contribution in [3.63, 3.8) is 0 Å². The molecule has 0 bridgehead atoms. The molecule has 152 valence electrons. The van der Waals surface area contributed by atoms with Crippen LogP contribution in [0, 0.1) is 0 Å². The van der Waals surface area contributed by atoms with Gasteiger partial charge in [0.2, 0.25) is 8.32 Å². The molecular formula is C28H30OSi. The third kappa shape index (κ3) is 4.34. The summed E-state index contributed by atoms with van der Waals surface area (Å²) in [5.41, 5.74) is 2.42. The number of benzene rings is 4. The molecule has 0 aromatic heterocycles. The molecule has 0 saturated heterocycles. The Bertz CT molecular complexity index is 1230. The molecule has 0 heterocycles. The lowest BCUT2D eigenvalue weighted by molar-refractivity contribution is 0.493. The number of hydrogen-bond donors (Lipinski definition) is 0. The smallest absolute Gasteiger partial charge is 0.250 e. The van der Waals surface area contributed by atoms with Crippen LogP contribution in [0.3, 0.4) is 0 Å². The van der Waals surface area contributed by atoms with Crippen LogP contribution in [0.15, 0.2) is 78.9 Å². The van der Waals surface area contributed by atoms with E-state index in [1.807, 2.05) is 0 Å². The van der Waals surface area contributed by atoms with Gasteiger partial charge in [-0.1, -0.05) is 87.5 Å². The standard InChI is InChI=1S/C28H30OSi/c1-28(2,3)30(4,5)29-27-17-16-25-19-22(13-15-26(25)20-27)11-10-21-12-14-23-8-6-7-9-24(23)18-21/h6-20H,1-5H3. The maximum atomic E-state index is 6.47. The van der Waals surface area contributed by atoms with Crippen molar-refractivity contribution >= 4 is 42.0 Å². The summed E-state index contributed by atoms with van der Waals surface area (Å²) in [6.45, 7) is 11.4. The minimum absolute atomic E-state index is 0.194. The summed E-state index contributed by atoms with van der Waals surface area (Å²) in [5, 5.41) is 5.19. The van der Waals surface area contributed by atoms with E-state index in [0.29, 0.717) is 0 Å². The van der Waals surface area contributed by atoms with Crippen LogP contribution in [0.5, 0.6) is 5.75 Å². The topological polar surface area (TPSA) is 9.23 Å². The first-order valence-corrected chi connectivity index (χ1v) is 13.5. The third-order valence-corrected chi connectivity index (χ3v) is 10.6. The van der Waals surface area contributed by atoms with Crippen LogP contribution >= 0.6 is 0 Å². The minimum Gasteiger partial charge on any atom is -0.543 e. The largest absolute Gasteiger partial charge is 0.543 e. The van der Waals surface area contributed by atoms with Gasteiger partial charge in [0.1, 0.15) is 5.75 Å². The Kier molecular flexibility index (Phi) is 5.29. The lowest BCUT2D eigenvalue weighted by atomic mass is 10.0. The van der Waals surface area contributed by atoms with Crippen molar-refractivity contribution in [2.75, 3.05) is 0 Å². The first-order valence-electron chi connectivity index (χ1n) is 10.6. The van der Waals surface area contributed by atoms with Crippen molar-refractivity contribution in [3.8, 4) is 5.75 Å². The number of fused-ring (bicyclic) bond motifs is 2. The monoisotopic (exact) mass is 410 g/mol. The van der Waals surface area contributed by atoms with Crippen LogP contribution in [-0.2, 0) is 0 Å². The molecule has 4 aromatic rings. The molecule has 0 atom stereocenters. The van der Waals surface area contributed by atoms with Crippen LogP contribution in [0.25, 0.3) is 33.7 Å². The molecular weight excluding hydrogens is 380 g/mol. The van der Waals surface area contributed by atoms with Gasteiger partial charge in [0.05, 0.1) is 0 Å². The maximum absolute atomic E-state index is 6.47. The highest BCUT2D eigenvalue weighted by molar-refractivity contribution is 6.74. The Hall–Kier alpha value is -2.84. The molecule has 0 aliphatic rings. The van der Waals surface area contributed by atoms with E-state index in [1.165, 1.54) is 32.7 Å². The molecule has 0 aliphatic heterocycles. The van der Waals surface area contributed by atoms with E-state index in [2.05, 4.69) is 125 Å². The van der Waals surface area contributed by atoms with Gasteiger partial charge in [-0.15, -0.1) is 0 Å². The van der Waals surface area contributed by atoms with Gasteiger partial charge in [-0.3, -0.25) is 0 Å². The van der Waals surface area contributed by atoms with Crippen LogP contribution in [0.1, 0.15) is 31.9 Å². The Labute approximate surface area is 181 Å². The molecule has 1 nitrogen and oxygen atoms in total. The number of hydrogen-bond acceptors (Lipinski definition) is 1. The first-order chi connectivity index (χ1) is 14.2. The second-order valence-electron chi connectivity index (χ2n) is 9.57. The summed E-state index contributed by atoms with van der Waals surface area (Å²) in [6, 6.07) is 28.1. The normalized spacial score (nSPS) is 12.7. The van der Waals surface area contributed by atoms with Gasteiger partial charge in [0, 0.05) is 0 Å². The molecule has 0 amide bonds. The molecule has 30 heavy (non-hydrogen) atoms. The molecule has 0 fully saturated rings. The average Bonchev–Trinajstić information content (AvgIpc) is 2.71. The Balaban J connectivity index is 1.56. The Morgan fingerprint density at radius 1 is 0.633 bits per heavy atom. The van der Waals surface area contributed by atoms with Gasteiger partial charge in [0.25, 0.3) is 0 Å². The van der Waals surface area contributed by atoms with Gasteiger partial charge in [-0.05, 0) is 75.1 Å². The van der Waals surface area contributed by atoms with Gasteiger partial charge in [-0.2, -0.15) is 0 Å². The summed E-state index contributed by atoms with van der Waals surface area (Å²) >= 11 is 0. The predicted octanol–water partition coefficient (Wildman–Crippen LogP) is 8.55. The van der Waals surface area contributed by atoms with Crippen LogP contribution < -0.4 is 4.43 Å². The summed E-state index contributed by atoms with van der Waals surface area (Å²) < 4.78 is 6.47. The van der Waals surface area contributed by atoms with Gasteiger partial charge < -0.3 is 4.43 Å². The summed E-state index contributed by atoms with van der Waals surface area (Å²) in [6.07, 6.45) is 4.37. The Morgan fingerprint density at radius 3 is 1.77 bits per heavy atom. The van der Waals surface area contributed by atoms with Crippen molar-refractivity contribution in [2.24, 2.45) is 0 Å². The second kappa shape index (κ2) is 7.77. The zero-order chi connectivity index (χ0) is 21.4. The van der Waals surface area contributed by atoms with Crippen molar-refractivity contribution in [1.82, 2.24) is 0 Å². The van der Waals surface area contributed by atoms with Crippen molar-refractivity contribution in [3.05, 3.63) is 90.0 Å². The maximum Gasteiger partial charge on any atom is 0.250 e. The summed E-state index contributed by atoms with van der Waals surface area (Å²) in [7, 11) is -1.83. The van der Waals surface area contributed by atoms with E-state index in [0.717, 1.165) is 5.75 Å². The fourth-order valence-corrected chi connectivity index (χ4v) is 4.38. The van der Waals surface area contributed by atoms with E-state index in [4.69, 9.17) is 4.43 Å². The molecule has 2 heteroatoms. The highest BCUT2D eigenvalue weighted by atomic mass is 28.4. The zero-order valence-electron chi connectivity index (χ0n) is 18.6. The lowest BCUT2D eigenvalue weighted by Gasteiger charge is -2.36. The fraction of sp³-hybridized carbons (Fsp3) is 0.214. The zero-order valence-corrected chi connectivity index (χ0v) is 19.6. The lowest BCUT2D eigenvalue weighted by Crippen LogP contribution is -2.43. The van der Waals surface area contributed by atoms with Gasteiger partial charge >= 0.3 is 0 Å². The summed E-state index contributed by atoms with van der Waals surface area (Å²) in [5.74, 6) is 0.980. The molecule has 0 saturated carbocycles. The van der Waals surface area contributed by atoms with E-state index < -0.39 is 8.32 Å². The van der Waals surface area contributed by atoms with E-state index in [-0.39, 0.29) is 5.04 Å². The average molecular weight is 411 g/mol. The molecule has 0 spiro atoms. The molecule has 0 unspecified atom stereocenters. The van der Waals surface area contributed by atoms with Gasteiger partial charge in [-0.25, -0.2) is 0 Å². The third-order valence-electron chi connectivity index (χ3n) is 6.26. The highest BCUT2D eigenvalue weighted by Crippen LogP contribution is 2.38. The highest BCUT2D eigenvalue weighted by Gasteiger charge is 2.38. The van der Waals surface area contributed by atoms with Gasteiger partial charge in [0.15, 0.2) is 0 Å². The second-order valence-corrected chi connectivity index (χ2v) is 14.3. The predicted molar refractivity (Wildman–Crippen MR) is 135 cm³/mol. The summed E-state index contributed by atoms with van der Waals surface area (Å²) in [4.78, 5) is 0. The molecule has 0 N–H and O–H groups in total. The molecule has 4 aromatic carbocycles. The molecule has 0 aliphatic carbocycles. The minimum atomic E-state index is -1.83. The fourth-order valence-electron chi connectivity index (χ4n) is 3.36. The SMILES string of the molecule is CC(C)(C)[Si](C)(C)Oc1ccc2cc(C=Cc3ccc4ccccc4c3)ccc2c1. The van der Waals surface area contributed by atoms with Crippen molar-refractivity contribution in [1.29, 1.82) is 0 Å². The van der Waals surface area contributed by atoms with E-state index in [9.17, 15) is 0 Å². The van der Waals surface area contributed by atoms with Crippen molar-refractivity contribution in [2.45, 2.75) is 38.9 Å². The molecule has 4 rings (SSSR count).